The van der Waals surface area contributed by atoms with Gasteiger partial charge in [-0.25, -0.2) is 4.39 Å². The molecule has 1 amide bonds. The molecule has 30 heavy (non-hydrogen) atoms. The molecule has 0 saturated carbocycles. The Morgan fingerprint density at radius 1 is 1.00 bits per heavy atom. The van der Waals surface area contributed by atoms with E-state index in [0.717, 1.165) is 5.56 Å². The SMILES string of the molecule is Cc1cccc(C2/C(=C(/O)c3ccc(F)cc3)C(=O)C(=O)N2c2ccc(Cl)cc2)c1. The highest BCUT2D eigenvalue weighted by Crippen LogP contribution is 2.42. The number of benzene rings is 3. The van der Waals surface area contributed by atoms with E-state index in [0.29, 0.717) is 16.3 Å². The minimum absolute atomic E-state index is 0.0489. The van der Waals surface area contributed by atoms with Crippen molar-refractivity contribution in [1.29, 1.82) is 0 Å². The monoisotopic (exact) mass is 421 g/mol. The summed E-state index contributed by atoms with van der Waals surface area (Å²) in [5.41, 5.74) is 2.30. The number of halogens is 2. The van der Waals surface area contributed by atoms with E-state index in [4.69, 9.17) is 11.6 Å². The second kappa shape index (κ2) is 7.76. The van der Waals surface area contributed by atoms with Crippen molar-refractivity contribution >= 4 is 34.7 Å². The summed E-state index contributed by atoms with van der Waals surface area (Å²) in [5, 5.41) is 11.4. The molecule has 0 radical (unpaired) electrons. The maximum absolute atomic E-state index is 13.3. The van der Waals surface area contributed by atoms with Gasteiger partial charge >= 0.3 is 0 Å². The average molecular weight is 422 g/mol. The van der Waals surface area contributed by atoms with Crippen molar-refractivity contribution in [3.63, 3.8) is 0 Å². The van der Waals surface area contributed by atoms with Crippen LogP contribution in [0, 0.1) is 12.7 Å². The molecule has 0 aromatic heterocycles. The van der Waals surface area contributed by atoms with Crippen LogP contribution in [-0.4, -0.2) is 16.8 Å². The molecule has 1 saturated heterocycles. The van der Waals surface area contributed by atoms with Gasteiger partial charge in [-0.05, 0) is 61.0 Å². The molecule has 4 nitrogen and oxygen atoms in total. The molecule has 4 rings (SSSR count). The van der Waals surface area contributed by atoms with Crippen molar-refractivity contribution in [2.45, 2.75) is 13.0 Å². The Morgan fingerprint density at radius 2 is 1.67 bits per heavy atom. The highest BCUT2D eigenvalue weighted by molar-refractivity contribution is 6.51. The number of hydrogen-bond donors (Lipinski definition) is 1. The lowest BCUT2D eigenvalue weighted by molar-refractivity contribution is -0.132. The third-order valence-corrected chi connectivity index (χ3v) is 5.28. The van der Waals surface area contributed by atoms with E-state index < -0.39 is 23.5 Å². The Bertz CT molecular complexity index is 1170. The molecule has 1 N–H and O–H groups in total. The number of hydrogen-bond acceptors (Lipinski definition) is 3. The zero-order valence-electron chi connectivity index (χ0n) is 16.0. The normalized spacial score (nSPS) is 18.1. The summed E-state index contributed by atoms with van der Waals surface area (Å²) in [6.07, 6.45) is 0. The zero-order chi connectivity index (χ0) is 21.4. The number of amides is 1. The molecule has 1 atom stereocenters. The lowest BCUT2D eigenvalue weighted by Gasteiger charge is -2.25. The molecule has 1 fully saturated rings. The Balaban J connectivity index is 1.95. The van der Waals surface area contributed by atoms with Crippen molar-refractivity contribution < 1.29 is 19.1 Å². The van der Waals surface area contributed by atoms with Gasteiger partial charge in [-0.3, -0.25) is 14.5 Å². The number of aliphatic hydroxyl groups excluding tert-OH is 1. The number of carbonyl (C=O) groups is 2. The number of aryl methyl sites for hydroxylation is 1. The topological polar surface area (TPSA) is 57.6 Å². The van der Waals surface area contributed by atoms with Crippen LogP contribution >= 0.6 is 11.6 Å². The van der Waals surface area contributed by atoms with E-state index in [9.17, 15) is 19.1 Å². The smallest absolute Gasteiger partial charge is 0.300 e. The quantitative estimate of drug-likeness (QED) is 0.349. The minimum atomic E-state index is -0.837. The Kier molecular flexibility index (Phi) is 5.14. The second-order valence-electron chi connectivity index (χ2n) is 7.07. The average Bonchev–Trinajstić information content (AvgIpc) is 3.00. The number of anilines is 1. The molecule has 0 spiro atoms. The fraction of sp³-hybridized carbons (Fsp3) is 0.0833. The Hall–Kier alpha value is -3.44. The standard InChI is InChI=1S/C24H17ClFNO3/c1-14-3-2-4-16(13-14)21-20(22(28)15-5-9-18(26)10-6-15)23(29)24(30)27(21)19-11-7-17(25)8-12-19/h2-13,21,28H,1H3/b22-20-. The van der Waals surface area contributed by atoms with Gasteiger partial charge in [0.1, 0.15) is 11.6 Å². The van der Waals surface area contributed by atoms with Crippen LogP contribution in [0.5, 0.6) is 0 Å². The third kappa shape index (κ3) is 3.48. The number of rotatable bonds is 3. The largest absolute Gasteiger partial charge is 0.507 e. The van der Waals surface area contributed by atoms with E-state index in [2.05, 4.69) is 0 Å². The van der Waals surface area contributed by atoms with E-state index in [1.807, 2.05) is 25.1 Å². The van der Waals surface area contributed by atoms with Crippen molar-refractivity contribution in [3.05, 3.63) is 106 Å². The molecule has 3 aromatic carbocycles. The summed E-state index contributed by atoms with van der Waals surface area (Å²) in [4.78, 5) is 27.3. The summed E-state index contributed by atoms with van der Waals surface area (Å²) in [5.74, 6) is -2.38. The third-order valence-electron chi connectivity index (χ3n) is 5.02. The maximum atomic E-state index is 13.3. The number of carbonyl (C=O) groups excluding carboxylic acids is 2. The van der Waals surface area contributed by atoms with E-state index in [1.54, 1.807) is 30.3 Å². The molecule has 6 heteroatoms. The lowest BCUT2D eigenvalue weighted by Crippen LogP contribution is -2.29. The summed E-state index contributed by atoms with van der Waals surface area (Å²) in [6.45, 7) is 1.90. The zero-order valence-corrected chi connectivity index (χ0v) is 16.7. The molecule has 0 bridgehead atoms. The molecule has 1 aliphatic heterocycles. The van der Waals surface area contributed by atoms with Gasteiger partial charge in [0, 0.05) is 16.3 Å². The highest BCUT2D eigenvalue weighted by atomic mass is 35.5. The van der Waals surface area contributed by atoms with Crippen LogP contribution in [-0.2, 0) is 9.59 Å². The molecular weight excluding hydrogens is 405 g/mol. The predicted molar refractivity (Wildman–Crippen MR) is 114 cm³/mol. The Morgan fingerprint density at radius 3 is 2.30 bits per heavy atom. The van der Waals surface area contributed by atoms with Gasteiger partial charge in [0.2, 0.25) is 0 Å². The van der Waals surface area contributed by atoms with Crippen LogP contribution in [0.2, 0.25) is 5.02 Å². The van der Waals surface area contributed by atoms with E-state index in [-0.39, 0.29) is 16.9 Å². The molecular formula is C24H17ClFNO3. The fourth-order valence-electron chi connectivity index (χ4n) is 3.62. The van der Waals surface area contributed by atoms with Crippen LogP contribution in [0.3, 0.4) is 0 Å². The number of ketones is 1. The predicted octanol–water partition coefficient (Wildman–Crippen LogP) is 5.41. The van der Waals surface area contributed by atoms with Crippen LogP contribution in [0.4, 0.5) is 10.1 Å². The van der Waals surface area contributed by atoms with Gasteiger partial charge in [0.05, 0.1) is 11.6 Å². The van der Waals surface area contributed by atoms with Gasteiger partial charge in [-0.15, -0.1) is 0 Å². The summed E-state index contributed by atoms with van der Waals surface area (Å²) in [7, 11) is 0. The van der Waals surface area contributed by atoms with Crippen molar-refractivity contribution in [3.8, 4) is 0 Å². The van der Waals surface area contributed by atoms with Crippen molar-refractivity contribution in [1.82, 2.24) is 0 Å². The van der Waals surface area contributed by atoms with Gasteiger partial charge in [-0.1, -0.05) is 41.4 Å². The van der Waals surface area contributed by atoms with E-state index in [1.165, 1.54) is 29.2 Å². The van der Waals surface area contributed by atoms with Crippen LogP contribution in [0.25, 0.3) is 5.76 Å². The molecule has 150 valence electrons. The first-order valence-electron chi connectivity index (χ1n) is 9.26. The second-order valence-corrected chi connectivity index (χ2v) is 7.50. The first kappa shape index (κ1) is 19.9. The lowest BCUT2D eigenvalue weighted by atomic mass is 9.94. The van der Waals surface area contributed by atoms with Crippen LogP contribution in [0.1, 0.15) is 22.7 Å². The highest BCUT2D eigenvalue weighted by Gasteiger charge is 2.46. The summed E-state index contributed by atoms with van der Waals surface area (Å²) in [6, 6.07) is 18.2. The van der Waals surface area contributed by atoms with E-state index >= 15 is 0 Å². The summed E-state index contributed by atoms with van der Waals surface area (Å²) < 4.78 is 13.3. The minimum Gasteiger partial charge on any atom is -0.507 e. The Labute approximate surface area is 177 Å². The number of nitrogens with zero attached hydrogens (tertiary/aromatic N) is 1. The molecule has 3 aromatic rings. The van der Waals surface area contributed by atoms with Gasteiger partial charge < -0.3 is 5.11 Å². The molecule has 1 unspecified atom stereocenters. The summed E-state index contributed by atoms with van der Waals surface area (Å²) >= 11 is 5.98. The molecule has 1 aliphatic rings. The van der Waals surface area contributed by atoms with Crippen molar-refractivity contribution in [2.24, 2.45) is 0 Å². The molecule has 1 heterocycles. The molecule has 0 aliphatic carbocycles. The van der Waals surface area contributed by atoms with Crippen LogP contribution in [0.15, 0.2) is 78.4 Å². The van der Waals surface area contributed by atoms with Crippen LogP contribution < -0.4 is 4.90 Å². The number of aliphatic hydroxyl groups is 1. The van der Waals surface area contributed by atoms with Gasteiger partial charge in [0.25, 0.3) is 11.7 Å². The van der Waals surface area contributed by atoms with Gasteiger partial charge in [0.15, 0.2) is 0 Å². The first-order valence-corrected chi connectivity index (χ1v) is 9.63. The fourth-order valence-corrected chi connectivity index (χ4v) is 3.75. The van der Waals surface area contributed by atoms with Crippen molar-refractivity contribution in [2.75, 3.05) is 4.90 Å². The maximum Gasteiger partial charge on any atom is 0.300 e. The van der Waals surface area contributed by atoms with Gasteiger partial charge in [-0.2, -0.15) is 0 Å². The number of Topliss-reactive ketones (excluding diaryl/α,β-unsaturated/α-hetero) is 1. The first-order chi connectivity index (χ1) is 14.4.